The van der Waals surface area contributed by atoms with E-state index in [1.807, 2.05) is 25.1 Å². The SMILES string of the molecule is Cc1ccc(C(=O)C(OC(=O)c2ccc(Br)o2)c2ccccc2)cc1. The molecule has 3 rings (SSSR count). The zero-order valence-electron chi connectivity index (χ0n) is 13.4. The molecule has 0 bridgehead atoms. The van der Waals surface area contributed by atoms with Gasteiger partial charge in [0.1, 0.15) is 0 Å². The van der Waals surface area contributed by atoms with Gasteiger partial charge >= 0.3 is 5.97 Å². The fourth-order valence-corrected chi connectivity index (χ4v) is 2.67. The average Bonchev–Trinajstić information content (AvgIpc) is 3.07. The van der Waals surface area contributed by atoms with Gasteiger partial charge < -0.3 is 9.15 Å². The van der Waals surface area contributed by atoms with E-state index in [1.54, 1.807) is 42.5 Å². The number of rotatable bonds is 5. The number of furan rings is 1. The summed E-state index contributed by atoms with van der Waals surface area (Å²) in [6.07, 6.45) is -1.04. The topological polar surface area (TPSA) is 56.5 Å². The number of ether oxygens (including phenoxy) is 1. The highest BCUT2D eigenvalue weighted by atomic mass is 79.9. The number of halogens is 1. The van der Waals surface area contributed by atoms with Gasteiger partial charge in [-0.2, -0.15) is 0 Å². The van der Waals surface area contributed by atoms with Crippen molar-refractivity contribution in [3.63, 3.8) is 0 Å². The number of esters is 1. The van der Waals surface area contributed by atoms with Gasteiger partial charge in [-0.25, -0.2) is 4.79 Å². The lowest BCUT2D eigenvalue weighted by atomic mass is 9.99. The number of hydrogen-bond acceptors (Lipinski definition) is 4. The molecule has 126 valence electrons. The summed E-state index contributed by atoms with van der Waals surface area (Å²) < 4.78 is 11.1. The van der Waals surface area contributed by atoms with Gasteiger partial charge in [0.25, 0.3) is 0 Å². The van der Waals surface area contributed by atoms with E-state index in [-0.39, 0.29) is 11.5 Å². The summed E-state index contributed by atoms with van der Waals surface area (Å²) in [6.45, 7) is 1.94. The fraction of sp³-hybridized carbons (Fsp3) is 0.100. The summed E-state index contributed by atoms with van der Waals surface area (Å²) in [5.41, 5.74) is 2.13. The molecule has 1 atom stereocenters. The molecule has 5 heteroatoms. The Hall–Kier alpha value is -2.66. The Kier molecular flexibility index (Phi) is 5.14. The maximum atomic E-state index is 12.9. The molecule has 0 aliphatic carbocycles. The molecule has 2 aromatic carbocycles. The molecule has 0 aliphatic rings. The van der Waals surface area contributed by atoms with Crippen LogP contribution in [0.4, 0.5) is 0 Å². The molecule has 4 nitrogen and oxygen atoms in total. The maximum Gasteiger partial charge on any atom is 0.375 e. The third-order valence-corrected chi connectivity index (χ3v) is 4.10. The molecular weight excluding hydrogens is 384 g/mol. The Morgan fingerprint density at radius 2 is 1.64 bits per heavy atom. The lowest BCUT2D eigenvalue weighted by Crippen LogP contribution is -2.20. The zero-order valence-corrected chi connectivity index (χ0v) is 15.0. The van der Waals surface area contributed by atoms with E-state index < -0.39 is 12.1 Å². The number of benzene rings is 2. The summed E-state index contributed by atoms with van der Waals surface area (Å²) in [7, 11) is 0. The van der Waals surface area contributed by atoms with Gasteiger partial charge in [-0.1, -0.05) is 60.2 Å². The number of aryl methyl sites for hydroxylation is 1. The van der Waals surface area contributed by atoms with Crippen molar-refractivity contribution in [1.29, 1.82) is 0 Å². The maximum absolute atomic E-state index is 12.9. The van der Waals surface area contributed by atoms with Crippen LogP contribution in [-0.4, -0.2) is 11.8 Å². The number of hydrogen-bond donors (Lipinski definition) is 0. The predicted molar refractivity (Wildman–Crippen MR) is 96.5 cm³/mol. The first-order valence-electron chi connectivity index (χ1n) is 7.67. The lowest BCUT2D eigenvalue weighted by Gasteiger charge is -2.17. The largest absolute Gasteiger partial charge is 0.443 e. The normalized spacial score (nSPS) is 11.8. The zero-order chi connectivity index (χ0) is 17.8. The average molecular weight is 399 g/mol. The van der Waals surface area contributed by atoms with Crippen LogP contribution in [0.15, 0.2) is 75.8 Å². The van der Waals surface area contributed by atoms with E-state index in [1.165, 1.54) is 6.07 Å². The van der Waals surface area contributed by atoms with E-state index in [9.17, 15) is 9.59 Å². The van der Waals surface area contributed by atoms with Crippen LogP contribution in [0.1, 0.15) is 38.1 Å². The molecular formula is C20H15BrO4. The highest BCUT2D eigenvalue weighted by Crippen LogP contribution is 2.25. The minimum absolute atomic E-state index is 0.0320. The number of ketones is 1. The first-order chi connectivity index (χ1) is 12.0. The highest BCUT2D eigenvalue weighted by molar-refractivity contribution is 9.10. The minimum atomic E-state index is -1.04. The van der Waals surface area contributed by atoms with Crippen molar-refractivity contribution >= 4 is 27.7 Å². The number of Topliss-reactive ketones (excluding diaryl/α,β-unsaturated/α-hetero) is 1. The van der Waals surface area contributed by atoms with Gasteiger partial charge in [-0.05, 0) is 35.0 Å². The van der Waals surface area contributed by atoms with Gasteiger partial charge in [-0.15, -0.1) is 0 Å². The molecule has 0 saturated heterocycles. The number of carbonyl (C=O) groups is 2. The summed E-state index contributed by atoms with van der Waals surface area (Å²) in [5.74, 6) is -0.949. The Morgan fingerprint density at radius 1 is 0.960 bits per heavy atom. The van der Waals surface area contributed by atoms with Crippen molar-refractivity contribution in [2.45, 2.75) is 13.0 Å². The van der Waals surface area contributed by atoms with Crippen LogP contribution in [-0.2, 0) is 4.74 Å². The van der Waals surface area contributed by atoms with E-state index in [4.69, 9.17) is 9.15 Å². The summed E-state index contributed by atoms with van der Waals surface area (Å²) in [6, 6.07) is 19.2. The molecule has 0 fully saturated rings. The summed E-state index contributed by atoms with van der Waals surface area (Å²) in [5, 5.41) is 0. The van der Waals surface area contributed by atoms with E-state index in [0.29, 0.717) is 15.8 Å². The first-order valence-corrected chi connectivity index (χ1v) is 8.46. The van der Waals surface area contributed by atoms with Crippen molar-refractivity contribution in [3.05, 3.63) is 93.9 Å². The molecule has 25 heavy (non-hydrogen) atoms. The highest BCUT2D eigenvalue weighted by Gasteiger charge is 2.27. The summed E-state index contributed by atoms with van der Waals surface area (Å²) >= 11 is 3.14. The molecule has 0 saturated carbocycles. The van der Waals surface area contributed by atoms with Crippen LogP contribution < -0.4 is 0 Å². The third kappa shape index (κ3) is 4.06. The summed E-state index contributed by atoms with van der Waals surface area (Å²) in [4.78, 5) is 25.3. The van der Waals surface area contributed by atoms with Crippen LogP contribution in [0, 0.1) is 6.92 Å². The van der Waals surface area contributed by atoms with Gasteiger partial charge in [0.15, 0.2) is 10.8 Å². The molecule has 1 heterocycles. The standard InChI is InChI=1S/C20H15BrO4/c1-13-7-9-14(10-8-13)18(22)19(15-5-3-2-4-6-15)25-20(23)16-11-12-17(21)24-16/h2-12,19H,1H3. The second-order valence-corrected chi connectivity index (χ2v) is 6.31. The lowest BCUT2D eigenvalue weighted by molar-refractivity contribution is 0.0249. The molecule has 1 aromatic heterocycles. The van der Waals surface area contributed by atoms with Crippen molar-refractivity contribution < 1.29 is 18.7 Å². The van der Waals surface area contributed by atoms with Crippen LogP contribution in [0.5, 0.6) is 0 Å². The van der Waals surface area contributed by atoms with Crippen molar-refractivity contribution in [2.24, 2.45) is 0 Å². The van der Waals surface area contributed by atoms with Gasteiger partial charge in [0, 0.05) is 11.1 Å². The molecule has 0 N–H and O–H groups in total. The van der Waals surface area contributed by atoms with Crippen molar-refractivity contribution in [1.82, 2.24) is 0 Å². The minimum Gasteiger partial charge on any atom is -0.443 e. The Morgan fingerprint density at radius 3 is 2.24 bits per heavy atom. The molecule has 0 spiro atoms. The third-order valence-electron chi connectivity index (χ3n) is 3.68. The van der Waals surface area contributed by atoms with Crippen LogP contribution in [0.25, 0.3) is 0 Å². The Labute approximate surface area is 153 Å². The van der Waals surface area contributed by atoms with Crippen LogP contribution >= 0.6 is 15.9 Å². The second-order valence-electron chi connectivity index (χ2n) is 5.53. The molecule has 3 aromatic rings. The smallest absolute Gasteiger partial charge is 0.375 e. The van der Waals surface area contributed by atoms with Crippen LogP contribution in [0.3, 0.4) is 0 Å². The van der Waals surface area contributed by atoms with Gasteiger partial charge in [-0.3, -0.25) is 4.79 Å². The van der Waals surface area contributed by atoms with E-state index in [2.05, 4.69) is 15.9 Å². The Bertz CT molecular complexity index is 882. The van der Waals surface area contributed by atoms with Gasteiger partial charge in [0.05, 0.1) is 0 Å². The predicted octanol–water partition coefficient (Wildman–Crippen LogP) is 5.13. The van der Waals surface area contributed by atoms with Crippen molar-refractivity contribution in [2.75, 3.05) is 0 Å². The fourth-order valence-electron chi connectivity index (χ4n) is 2.36. The molecule has 0 amide bonds. The van der Waals surface area contributed by atoms with Crippen molar-refractivity contribution in [3.8, 4) is 0 Å². The second kappa shape index (κ2) is 7.49. The molecule has 0 aliphatic heterocycles. The van der Waals surface area contributed by atoms with E-state index in [0.717, 1.165) is 5.56 Å². The van der Waals surface area contributed by atoms with Gasteiger partial charge in [0.2, 0.25) is 11.5 Å². The molecule has 1 unspecified atom stereocenters. The van der Waals surface area contributed by atoms with Crippen LogP contribution in [0.2, 0.25) is 0 Å². The first kappa shape index (κ1) is 17.2. The number of carbonyl (C=O) groups excluding carboxylic acids is 2. The monoisotopic (exact) mass is 398 g/mol. The Balaban J connectivity index is 1.91. The molecule has 0 radical (unpaired) electrons. The van der Waals surface area contributed by atoms with E-state index >= 15 is 0 Å². The quantitative estimate of drug-likeness (QED) is 0.441.